The highest BCUT2D eigenvalue weighted by Gasteiger charge is 2.11. The molecule has 1 aromatic heterocycles. The molecule has 0 bridgehead atoms. The number of allylic oxidation sites excluding steroid dienone is 1. The molecule has 1 aromatic carbocycles. The molecular formula is C17H22N2O3S. The van der Waals surface area contributed by atoms with Gasteiger partial charge in [-0.05, 0) is 24.1 Å². The van der Waals surface area contributed by atoms with Crippen molar-refractivity contribution in [3.63, 3.8) is 0 Å². The molecule has 6 heteroatoms. The van der Waals surface area contributed by atoms with E-state index in [0.717, 1.165) is 17.1 Å². The van der Waals surface area contributed by atoms with Crippen molar-refractivity contribution in [2.45, 2.75) is 17.7 Å². The molecule has 0 fully saturated rings. The monoisotopic (exact) mass is 334 g/mol. The molecule has 0 aliphatic rings. The molecule has 0 aliphatic heterocycles. The van der Waals surface area contributed by atoms with Gasteiger partial charge in [0, 0.05) is 25.2 Å². The summed E-state index contributed by atoms with van der Waals surface area (Å²) in [6, 6.07) is 5.75. The van der Waals surface area contributed by atoms with Crippen LogP contribution in [0.5, 0.6) is 11.5 Å². The standard InChI is InChI=1S/C17H22N2O3S/c1-4-5-13-6-7-15(16(10-13)21-3)22-11-14(20)12-23-17-18-8-9-19(17)2/h4,6-10,14,20H,1,5,11-12H2,2-3H3. The first kappa shape index (κ1) is 17.4. The van der Waals surface area contributed by atoms with Crippen LogP contribution in [0.3, 0.4) is 0 Å². The Morgan fingerprint density at radius 3 is 2.91 bits per heavy atom. The Morgan fingerprint density at radius 2 is 2.26 bits per heavy atom. The first-order chi connectivity index (χ1) is 11.1. The van der Waals surface area contributed by atoms with E-state index in [9.17, 15) is 5.11 Å². The molecule has 0 spiro atoms. The first-order valence-corrected chi connectivity index (χ1v) is 8.31. The third-order valence-corrected chi connectivity index (χ3v) is 4.42. The maximum absolute atomic E-state index is 10.1. The van der Waals surface area contributed by atoms with Crippen molar-refractivity contribution in [2.24, 2.45) is 7.05 Å². The fraction of sp³-hybridized carbons (Fsp3) is 0.353. The molecule has 0 aliphatic carbocycles. The molecule has 0 saturated heterocycles. The number of ether oxygens (including phenoxy) is 2. The van der Waals surface area contributed by atoms with Crippen molar-refractivity contribution in [3.05, 3.63) is 48.8 Å². The van der Waals surface area contributed by atoms with Crippen LogP contribution in [0.15, 0.2) is 48.4 Å². The summed E-state index contributed by atoms with van der Waals surface area (Å²) in [6.45, 7) is 3.93. The zero-order valence-corrected chi connectivity index (χ0v) is 14.3. The summed E-state index contributed by atoms with van der Waals surface area (Å²) in [7, 11) is 3.53. The lowest BCUT2D eigenvalue weighted by molar-refractivity contribution is 0.124. The maximum atomic E-state index is 10.1. The van der Waals surface area contributed by atoms with E-state index in [1.165, 1.54) is 11.8 Å². The number of aliphatic hydroxyl groups excluding tert-OH is 1. The molecule has 23 heavy (non-hydrogen) atoms. The van der Waals surface area contributed by atoms with E-state index in [0.29, 0.717) is 17.3 Å². The molecule has 1 unspecified atom stereocenters. The Labute approximate surface area is 141 Å². The summed E-state index contributed by atoms with van der Waals surface area (Å²) in [6.07, 6.45) is 5.64. The average Bonchev–Trinajstić information content (AvgIpc) is 2.97. The van der Waals surface area contributed by atoms with Crippen molar-refractivity contribution in [1.82, 2.24) is 9.55 Å². The van der Waals surface area contributed by atoms with Gasteiger partial charge in [0.15, 0.2) is 16.7 Å². The number of hydrogen-bond acceptors (Lipinski definition) is 5. The second-order valence-corrected chi connectivity index (χ2v) is 6.06. The highest BCUT2D eigenvalue weighted by atomic mass is 32.2. The van der Waals surface area contributed by atoms with Gasteiger partial charge in [0.1, 0.15) is 6.61 Å². The summed E-state index contributed by atoms with van der Waals surface area (Å²) in [5.74, 6) is 1.80. The molecule has 2 rings (SSSR count). The van der Waals surface area contributed by atoms with Crippen molar-refractivity contribution >= 4 is 11.8 Å². The van der Waals surface area contributed by atoms with Gasteiger partial charge in [-0.25, -0.2) is 4.98 Å². The molecule has 1 atom stereocenters. The van der Waals surface area contributed by atoms with Crippen LogP contribution in [-0.2, 0) is 13.5 Å². The van der Waals surface area contributed by atoms with Crippen LogP contribution in [0, 0.1) is 0 Å². The van der Waals surface area contributed by atoms with Crippen LogP contribution >= 0.6 is 11.8 Å². The molecule has 2 aromatic rings. The lowest BCUT2D eigenvalue weighted by atomic mass is 10.1. The van der Waals surface area contributed by atoms with Crippen molar-refractivity contribution < 1.29 is 14.6 Å². The van der Waals surface area contributed by atoms with E-state index >= 15 is 0 Å². The van der Waals surface area contributed by atoms with Gasteiger partial charge in [-0.15, -0.1) is 6.58 Å². The van der Waals surface area contributed by atoms with Gasteiger partial charge in [0.05, 0.1) is 13.2 Å². The van der Waals surface area contributed by atoms with Crippen molar-refractivity contribution in [2.75, 3.05) is 19.5 Å². The molecule has 124 valence electrons. The number of aromatic nitrogens is 2. The highest BCUT2D eigenvalue weighted by Crippen LogP contribution is 2.28. The normalized spacial score (nSPS) is 12.0. The van der Waals surface area contributed by atoms with E-state index in [2.05, 4.69) is 11.6 Å². The molecular weight excluding hydrogens is 312 g/mol. The van der Waals surface area contributed by atoms with E-state index in [4.69, 9.17) is 9.47 Å². The van der Waals surface area contributed by atoms with E-state index < -0.39 is 6.10 Å². The quantitative estimate of drug-likeness (QED) is 0.564. The third kappa shape index (κ3) is 5.04. The molecule has 0 radical (unpaired) electrons. The fourth-order valence-electron chi connectivity index (χ4n) is 2.02. The summed E-state index contributed by atoms with van der Waals surface area (Å²) in [5.41, 5.74) is 1.11. The van der Waals surface area contributed by atoms with Gasteiger partial charge in [0.25, 0.3) is 0 Å². The molecule has 0 saturated carbocycles. The van der Waals surface area contributed by atoms with Crippen LogP contribution < -0.4 is 9.47 Å². The predicted molar refractivity (Wildman–Crippen MR) is 92.3 cm³/mol. The van der Waals surface area contributed by atoms with Crippen LogP contribution in [0.4, 0.5) is 0 Å². The number of rotatable bonds is 9. The molecule has 0 amide bonds. The minimum atomic E-state index is -0.589. The lowest BCUT2D eigenvalue weighted by Gasteiger charge is -2.15. The first-order valence-electron chi connectivity index (χ1n) is 7.32. The zero-order valence-electron chi connectivity index (χ0n) is 13.4. The number of thioether (sulfide) groups is 1. The predicted octanol–water partition coefficient (Wildman–Crippen LogP) is 2.69. The van der Waals surface area contributed by atoms with Crippen LogP contribution in [0.2, 0.25) is 0 Å². The second-order valence-electron chi connectivity index (χ2n) is 5.07. The minimum absolute atomic E-state index is 0.203. The van der Waals surface area contributed by atoms with E-state index in [1.807, 2.05) is 42.1 Å². The Kier molecular flexibility index (Phi) is 6.55. The molecule has 1 N–H and O–H groups in total. The van der Waals surface area contributed by atoms with Crippen molar-refractivity contribution in [1.29, 1.82) is 0 Å². The van der Waals surface area contributed by atoms with Gasteiger partial charge in [-0.3, -0.25) is 0 Å². The largest absolute Gasteiger partial charge is 0.493 e. The number of nitrogens with zero attached hydrogens (tertiary/aromatic N) is 2. The highest BCUT2D eigenvalue weighted by molar-refractivity contribution is 7.99. The number of methoxy groups -OCH3 is 1. The fourth-order valence-corrected chi connectivity index (χ4v) is 2.86. The van der Waals surface area contributed by atoms with Gasteiger partial charge >= 0.3 is 0 Å². The number of aliphatic hydroxyl groups is 1. The maximum Gasteiger partial charge on any atom is 0.167 e. The van der Waals surface area contributed by atoms with E-state index in [1.54, 1.807) is 13.3 Å². The summed E-state index contributed by atoms with van der Waals surface area (Å²) >= 11 is 1.50. The third-order valence-electron chi connectivity index (χ3n) is 3.22. The van der Waals surface area contributed by atoms with Gasteiger partial charge < -0.3 is 19.1 Å². The minimum Gasteiger partial charge on any atom is -0.493 e. The Hall–Kier alpha value is -1.92. The van der Waals surface area contributed by atoms with E-state index in [-0.39, 0.29) is 6.61 Å². The molecule has 1 heterocycles. The average molecular weight is 334 g/mol. The Bertz CT molecular complexity index is 643. The van der Waals surface area contributed by atoms with Crippen LogP contribution in [0.1, 0.15) is 5.56 Å². The summed E-state index contributed by atoms with van der Waals surface area (Å²) in [4.78, 5) is 4.21. The zero-order chi connectivity index (χ0) is 16.7. The lowest BCUT2D eigenvalue weighted by Crippen LogP contribution is -2.20. The topological polar surface area (TPSA) is 56.5 Å². The number of aryl methyl sites for hydroxylation is 1. The van der Waals surface area contributed by atoms with Crippen LogP contribution in [-0.4, -0.2) is 40.2 Å². The SMILES string of the molecule is C=CCc1ccc(OCC(O)CSc2nccn2C)c(OC)c1. The smallest absolute Gasteiger partial charge is 0.167 e. The van der Waals surface area contributed by atoms with Gasteiger partial charge in [-0.1, -0.05) is 23.9 Å². The Morgan fingerprint density at radius 1 is 1.43 bits per heavy atom. The summed E-state index contributed by atoms with van der Waals surface area (Å²) in [5, 5.41) is 10.9. The van der Waals surface area contributed by atoms with Crippen LogP contribution in [0.25, 0.3) is 0 Å². The van der Waals surface area contributed by atoms with Gasteiger partial charge in [-0.2, -0.15) is 0 Å². The van der Waals surface area contributed by atoms with Crippen molar-refractivity contribution in [3.8, 4) is 11.5 Å². The number of imidazole rings is 1. The second kappa shape index (κ2) is 8.64. The van der Waals surface area contributed by atoms with Gasteiger partial charge in [0.2, 0.25) is 0 Å². The number of benzene rings is 1. The Balaban J connectivity index is 1.87. The summed E-state index contributed by atoms with van der Waals surface area (Å²) < 4.78 is 12.9. The number of hydrogen-bond donors (Lipinski definition) is 1. The molecule has 5 nitrogen and oxygen atoms in total.